The summed E-state index contributed by atoms with van der Waals surface area (Å²) in [7, 11) is 0.0125. The summed E-state index contributed by atoms with van der Waals surface area (Å²) in [5.41, 5.74) is -0.0501. The van der Waals surface area contributed by atoms with Crippen molar-refractivity contribution in [3.05, 3.63) is 71.2 Å². The second kappa shape index (κ2) is 13.8. The number of ketones is 1. The summed E-state index contributed by atoms with van der Waals surface area (Å²) in [5, 5.41) is 21.4. The van der Waals surface area contributed by atoms with Crippen LogP contribution in [-0.2, 0) is 22.1 Å². The molecule has 4 atom stereocenters. The van der Waals surface area contributed by atoms with E-state index in [1.807, 2.05) is 34.6 Å². The highest BCUT2D eigenvalue weighted by Gasteiger charge is 2.48. The molecule has 4 rings (SSSR count). The summed E-state index contributed by atoms with van der Waals surface area (Å²) >= 11 is 0. The normalized spacial score (nSPS) is 18.8. The van der Waals surface area contributed by atoms with Crippen LogP contribution in [-0.4, -0.2) is 56.4 Å². The zero-order valence-corrected chi connectivity index (χ0v) is 28.6. The van der Waals surface area contributed by atoms with Crippen LogP contribution in [0.5, 0.6) is 17.2 Å². The molecule has 1 aliphatic heterocycles. The van der Waals surface area contributed by atoms with Crippen LogP contribution in [0.4, 0.5) is 4.39 Å². The van der Waals surface area contributed by atoms with Crippen molar-refractivity contribution in [2.75, 3.05) is 20.3 Å². The second-order valence-corrected chi connectivity index (χ2v) is 15.3. The number of hydrogen-bond donors (Lipinski definition) is 3. The van der Waals surface area contributed by atoms with Gasteiger partial charge in [0.05, 0.1) is 40.2 Å². The van der Waals surface area contributed by atoms with E-state index in [9.17, 15) is 23.6 Å². The minimum Gasteiger partial charge on any atom is -0.493 e. The summed E-state index contributed by atoms with van der Waals surface area (Å²) in [4.78, 5) is 18.1. The van der Waals surface area contributed by atoms with Gasteiger partial charge in [0.2, 0.25) is 0 Å². The highest BCUT2D eigenvalue weighted by Crippen LogP contribution is 2.48. The number of aliphatic hydroxyl groups is 2. The maximum Gasteiger partial charge on any atom is 0.163 e. The Morgan fingerprint density at radius 2 is 1.78 bits per heavy atom. The number of carbonyl (C=O) groups is 1. The number of aromatic nitrogens is 1. The number of Topliss-reactive ketones (excluding diaryl/α,β-unsaturated/α-hetero) is 1. The molecule has 0 aliphatic carbocycles. The van der Waals surface area contributed by atoms with Gasteiger partial charge < -0.3 is 24.4 Å². The van der Waals surface area contributed by atoms with Crippen molar-refractivity contribution in [1.29, 1.82) is 0 Å². The molecule has 0 saturated carbocycles. The van der Waals surface area contributed by atoms with E-state index in [2.05, 4.69) is 4.72 Å². The Kier molecular flexibility index (Phi) is 10.6. The highest BCUT2D eigenvalue weighted by atomic mass is 32.2. The third-order valence-electron chi connectivity index (χ3n) is 8.19. The number of benzene rings is 2. The van der Waals surface area contributed by atoms with Gasteiger partial charge >= 0.3 is 0 Å². The molecule has 11 heteroatoms. The number of halogens is 1. The van der Waals surface area contributed by atoms with Crippen molar-refractivity contribution in [2.24, 2.45) is 5.92 Å². The fraction of sp³-hybridized carbons (Fsp3) is 0.486. The van der Waals surface area contributed by atoms with E-state index in [1.54, 1.807) is 50.2 Å². The van der Waals surface area contributed by atoms with Crippen LogP contribution in [0.15, 0.2) is 48.5 Å². The number of rotatable bonds is 13. The molecule has 0 spiro atoms. The SMILES string of the molecule is COc1cc(C(=O)CCC(C)(O)c2cc3c(c(-c4ccc(F)cc4)n2)OCC3(NS(=O)C(C)(C)C)C(C)C)ccc1OC[C@@H](C)O. The number of nitrogens with one attached hydrogen (secondary N) is 1. The number of carbonyl (C=O) groups excluding carboxylic acids is 1. The first-order valence-corrected chi connectivity index (χ1v) is 16.5. The Bertz CT molecular complexity index is 1580. The van der Waals surface area contributed by atoms with Crippen LogP contribution in [0.2, 0.25) is 0 Å². The Balaban J connectivity index is 1.71. The van der Waals surface area contributed by atoms with Gasteiger partial charge in [0, 0.05) is 23.1 Å². The molecular formula is C35H45FN2O7S. The van der Waals surface area contributed by atoms with E-state index >= 15 is 0 Å². The summed E-state index contributed by atoms with van der Waals surface area (Å²) < 4.78 is 47.3. The molecule has 1 aromatic heterocycles. The van der Waals surface area contributed by atoms with Crippen LogP contribution < -0.4 is 18.9 Å². The van der Waals surface area contributed by atoms with Gasteiger partial charge in [-0.1, -0.05) is 13.8 Å². The molecule has 46 heavy (non-hydrogen) atoms. The predicted molar refractivity (Wildman–Crippen MR) is 176 cm³/mol. The Labute approximate surface area is 273 Å². The third kappa shape index (κ3) is 7.60. The maximum absolute atomic E-state index is 13.9. The Hall–Kier alpha value is -3.38. The van der Waals surface area contributed by atoms with Crippen LogP contribution in [0, 0.1) is 11.7 Å². The van der Waals surface area contributed by atoms with Gasteiger partial charge in [-0.25, -0.2) is 18.3 Å². The summed E-state index contributed by atoms with van der Waals surface area (Å²) in [5.74, 6) is 0.528. The molecule has 2 heterocycles. The van der Waals surface area contributed by atoms with Crippen molar-refractivity contribution in [3.8, 4) is 28.5 Å². The minimum absolute atomic E-state index is 0.00715. The maximum atomic E-state index is 13.9. The number of ether oxygens (including phenoxy) is 3. The zero-order valence-electron chi connectivity index (χ0n) is 27.8. The fourth-order valence-corrected chi connectivity index (χ4v) is 6.19. The first-order chi connectivity index (χ1) is 21.5. The van der Waals surface area contributed by atoms with E-state index in [0.29, 0.717) is 45.3 Å². The van der Waals surface area contributed by atoms with Gasteiger partial charge in [-0.15, -0.1) is 0 Å². The standard InChI is InChI=1S/C35H45FN2O7S/c1-21(2)35(38-46(42)33(4,5)6)20-45-32-26(35)18-30(37-31(32)23-9-12-25(36)13-10-23)34(7,41)16-15-27(40)24-11-14-28(29(17-24)43-8)44-19-22(3)39/h9-14,17-18,21-22,38-39,41H,15-16,19-20H2,1-8H3/t22-,34?,35?,46?/m1/s1. The lowest BCUT2D eigenvalue weighted by Crippen LogP contribution is -2.52. The van der Waals surface area contributed by atoms with E-state index in [0.717, 1.165) is 0 Å². The van der Waals surface area contributed by atoms with E-state index in [1.165, 1.54) is 19.2 Å². The topological polar surface area (TPSA) is 127 Å². The number of aliphatic hydroxyl groups excluding tert-OH is 1. The molecular weight excluding hydrogens is 611 g/mol. The van der Waals surface area contributed by atoms with E-state index in [4.69, 9.17) is 19.2 Å². The molecule has 9 nitrogen and oxygen atoms in total. The van der Waals surface area contributed by atoms with Crippen molar-refractivity contribution in [3.63, 3.8) is 0 Å². The molecule has 1 aliphatic rings. The largest absolute Gasteiger partial charge is 0.493 e. The van der Waals surface area contributed by atoms with E-state index < -0.39 is 38.8 Å². The lowest BCUT2D eigenvalue weighted by molar-refractivity contribution is 0.0396. The highest BCUT2D eigenvalue weighted by molar-refractivity contribution is 7.84. The monoisotopic (exact) mass is 656 g/mol. The van der Waals surface area contributed by atoms with Gasteiger partial charge in [-0.2, -0.15) is 0 Å². The van der Waals surface area contributed by atoms with Gasteiger partial charge in [0.25, 0.3) is 0 Å². The van der Waals surface area contributed by atoms with Gasteiger partial charge in [0.15, 0.2) is 23.0 Å². The van der Waals surface area contributed by atoms with E-state index in [-0.39, 0.29) is 37.8 Å². The number of nitrogens with zero attached hydrogens (tertiary/aromatic N) is 1. The molecule has 3 N–H and O–H groups in total. The zero-order chi connectivity index (χ0) is 34.0. The molecule has 0 saturated heterocycles. The van der Waals surface area contributed by atoms with Crippen LogP contribution in [0.25, 0.3) is 11.3 Å². The number of pyridine rings is 1. The molecule has 0 bridgehead atoms. The lowest BCUT2D eigenvalue weighted by Gasteiger charge is -2.36. The third-order valence-corrected chi connectivity index (χ3v) is 9.85. The molecule has 0 amide bonds. The van der Waals surface area contributed by atoms with Crippen LogP contribution in [0.3, 0.4) is 0 Å². The van der Waals surface area contributed by atoms with Crippen molar-refractivity contribution in [1.82, 2.24) is 9.71 Å². The Morgan fingerprint density at radius 1 is 1.11 bits per heavy atom. The molecule has 0 fully saturated rings. The predicted octanol–water partition coefficient (Wildman–Crippen LogP) is 5.82. The van der Waals surface area contributed by atoms with Crippen molar-refractivity contribution >= 4 is 16.8 Å². The molecule has 250 valence electrons. The molecule has 3 unspecified atom stereocenters. The van der Waals surface area contributed by atoms with Gasteiger partial charge in [-0.05, 0) is 95.5 Å². The molecule has 2 aromatic carbocycles. The summed E-state index contributed by atoms with van der Waals surface area (Å²) in [6.45, 7) is 13.1. The quantitative estimate of drug-likeness (QED) is 0.197. The molecule has 0 radical (unpaired) electrons. The van der Waals surface area contributed by atoms with Gasteiger partial charge in [-0.3, -0.25) is 4.79 Å². The van der Waals surface area contributed by atoms with Crippen LogP contribution in [0.1, 0.15) is 82.9 Å². The second-order valence-electron chi connectivity index (χ2n) is 13.4. The Morgan fingerprint density at radius 3 is 2.37 bits per heavy atom. The minimum atomic E-state index is -1.56. The average molecular weight is 657 g/mol. The smallest absolute Gasteiger partial charge is 0.163 e. The first kappa shape index (κ1) is 35.5. The number of hydrogen-bond acceptors (Lipinski definition) is 8. The number of fused-ring (bicyclic) bond motifs is 1. The average Bonchev–Trinajstić information content (AvgIpc) is 3.37. The number of methoxy groups -OCH3 is 1. The van der Waals surface area contributed by atoms with Crippen molar-refractivity contribution < 1.29 is 37.8 Å². The summed E-state index contributed by atoms with van der Waals surface area (Å²) in [6.07, 6.45) is -0.634. The summed E-state index contributed by atoms with van der Waals surface area (Å²) in [6, 6.07) is 12.4. The lowest BCUT2D eigenvalue weighted by atomic mass is 9.80. The fourth-order valence-electron chi connectivity index (χ4n) is 5.15. The first-order valence-electron chi connectivity index (χ1n) is 15.4. The van der Waals surface area contributed by atoms with Gasteiger partial charge in [0.1, 0.15) is 30.3 Å². The molecule has 3 aromatic rings. The van der Waals surface area contributed by atoms with Crippen molar-refractivity contribution in [2.45, 2.75) is 83.3 Å². The van der Waals surface area contributed by atoms with Crippen LogP contribution >= 0.6 is 0 Å².